The Balaban J connectivity index is 2.80. The second kappa shape index (κ2) is 4.95. The number of carbonyl (C=O) groups excluding carboxylic acids is 1. The summed E-state index contributed by atoms with van der Waals surface area (Å²) in [6.45, 7) is 2.09. The van der Waals surface area contributed by atoms with Crippen molar-refractivity contribution in [3.63, 3.8) is 0 Å². The van der Waals surface area contributed by atoms with E-state index in [1.807, 2.05) is 0 Å². The summed E-state index contributed by atoms with van der Waals surface area (Å²) < 4.78 is 5.47. The van der Waals surface area contributed by atoms with Gasteiger partial charge in [-0.25, -0.2) is 0 Å². The Labute approximate surface area is 89.4 Å². The van der Waals surface area contributed by atoms with Crippen molar-refractivity contribution < 1.29 is 9.53 Å². The number of carbonyl (C=O) groups is 1. The minimum atomic E-state index is -0.334. The Morgan fingerprint density at radius 3 is 3.00 bits per heavy atom. The average Bonchev–Trinajstić information content (AvgIpc) is 2.12. The van der Waals surface area contributed by atoms with E-state index in [2.05, 4.69) is 20.9 Å². The van der Waals surface area contributed by atoms with Gasteiger partial charge in [-0.2, -0.15) is 0 Å². The molecule has 5 heteroatoms. The van der Waals surface area contributed by atoms with Gasteiger partial charge in [0, 0.05) is 16.7 Å². The molecule has 1 rings (SSSR count). The van der Waals surface area contributed by atoms with Crippen molar-refractivity contribution in [2.45, 2.75) is 13.3 Å². The van der Waals surface area contributed by atoms with Gasteiger partial charge in [0.1, 0.15) is 0 Å². The molecule has 76 valence electrons. The second-order valence-corrected chi connectivity index (χ2v) is 3.51. The number of hydrogen-bond acceptors (Lipinski definition) is 3. The molecular formula is C9H10BrNO3. The highest BCUT2D eigenvalue weighted by molar-refractivity contribution is 9.10. The van der Waals surface area contributed by atoms with Gasteiger partial charge in [0.15, 0.2) is 0 Å². The Morgan fingerprint density at radius 2 is 2.36 bits per heavy atom. The van der Waals surface area contributed by atoms with E-state index in [9.17, 15) is 9.59 Å². The van der Waals surface area contributed by atoms with Gasteiger partial charge in [-0.05, 0) is 28.4 Å². The maximum Gasteiger partial charge on any atom is 0.310 e. The molecule has 1 N–H and O–H groups in total. The first-order valence-corrected chi connectivity index (χ1v) is 4.95. The molecule has 0 aliphatic carbocycles. The molecule has 1 aromatic heterocycles. The maximum absolute atomic E-state index is 11.1. The SMILES string of the molecule is CCOC(=O)Cc1cc(=O)[nH]cc1Br. The number of H-pyrrole nitrogens is 1. The molecule has 14 heavy (non-hydrogen) atoms. The number of rotatable bonds is 3. The fourth-order valence-electron chi connectivity index (χ4n) is 0.999. The molecule has 0 amide bonds. The van der Waals surface area contributed by atoms with Crippen LogP contribution in [0.15, 0.2) is 21.5 Å². The van der Waals surface area contributed by atoms with Crippen LogP contribution in [0, 0.1) is 0 Å². The Morgan fingerprint density at radius 1 is 1.64 bits per heavy atom. The van der Waals surface area contributed by atoms with Crippen LogP contribution < -0.4 is 5.56 Å². The monoisotopic (exact) mass is 259 g/mol. The molecule has 1 heterocycles. The molecule has 0 unspecified atom stereocenters. The molecule has 4 nitrogen and oxygen atoms in total. The molecule has 0 atom stereocenters. The van der Waals surface area contributed by atoms with Gasteiger partial charge < -0.3 is 9.72 Å². The molecule has 0 fully saturated rings. The molecule has 0 radical (unpaired) electrons. The summed E-state index contributed by atoms with van der Waals surface area (Å²) in [7, 11) is 0. The van der Waals surface area contributed by atoms with Crippen molar-refractivity contribution in [3.05, 3.63) is 32.7 Å². The molecule has 0 aliphatic heterocycles. The smallest absolute Gasteiger partial charge is 0.310 e. The van der Waals surface area contributed by atoms with Crippen molar-refractivity contribution in [3.8, 4) is 0 Å². The van der Waals surface area contributed by atoms with Crippen LogP contribution in [0.25, 0.3) is 0 Å². The summed E-state index contributed by atoms with van der Waals surface area (Å²) in [4.78, 5) is 24.6. The third-order valence-corrected chi connectivity index (χ3v) is 2.33. The lowest BCUT2D eigenvalue weighted by atomic mass is 10.2. The third-order valence-electron chi connectivity index (χ3n) is 1.59. The number of aromatic nitrogens is 1. The van der Waals surface area contributed by atoms with Gasteiger partial charge in [-0.1, -0.05) is 0 Å². The lowest BCUT2D eigenvalue weighted by Crippen LogP contribution is -2.12. The van der Waals surface area contributed by atoms with E-state index in [1.54, 1.807) is 6.92 Å². The highest BCUT2D eigenvalue weighted by Crippen LogP contribution is 2.13. The molecular weight excluding hydrogens is 250 g/mol. The molecule has 0 aromatic carbocycles. The highest BCUT2D eigenvalue weighted by atomic mass is 79.9. The third kappa shape index (κ3) is 2.99. The maximum atomic E-state index is 11.1. The highest BCUT2D eigenvalue weighted by Gasteiger charge is 2.07. The standard InChI is InChI=1S/C9H10BrNO3/c1-2-14-9(13)4-6-3-8(12)11-5-7(6)10/h3,5H,2,4H2,1H3,(H,11,12). The second-order valence-electron chi connectivity index (χ2n) is 2.65. The summed E-state index contributed by atoms with van der Waals surface area (Å²) in [6, 6.07) is 1.38. The first kappa shape index (κ1) is 11.0. The number of ether oxygens (including phenoxy) is 1. The predicted molar refractivity (Wildman–Crippen MR) is 55.1 cm³/mol. The number of halogens is 1. The fourth-order valence-corrected chi connectivity index (χ4v) is 1.37. The van der Waals surface area contributed by atoms with Crippen molar-refractivity contribution >= 4 is 21.9 Å². The largest absolute Gasteiger partial charge is 0.466 e. The van der Waals surface area contributed by atoms with Crippen molar-refractivity contribution in [1.82, 2.24) is 4.98 Å². The fraction of sp³-hybridized carbons (Fsp3) is 0.333. The predicted octanol–water partition coefficient (Wildman–Crippen LogP) is 1.24. The van der Waals surface area contributed by atoms with E-state index in [0.29, 0.717) is 16.6 Å². The van der Waals surface area contributed by atoms with E-state index in [0.717, 1.165) is 0 Å². The van der Waals surface area contributed by atoms with Gasteiger partial charge in [0.05, 0.1) is 13.0 Å². The zero-order chi connectivity index (χ0) is 10.6. The number of aromatic amines is 1. The van der Waals surface area contributed by atoms with E-state index >= 15 is 0 Å². The molecule has 1 aromatic rings. The van der Waals surface area contributed by atoms with E-state index in [1.165, 1.54) is 12.3 Å². The average molecular weight is 260 g/mol. The molecule has 0 saturated carbocycles. The Kier molecular flexibility index (Phi) is 3.88. The first-order chi connectivity index (χ1) is 6.63. The number of esters is 1. The van der Waals surface area contributed by atoms with Crippen LogP contribution in [0.1, 0.15) is 12.5 Å². The van der Waals surface area contributed by atoms with Crippen LogP contribution in [0.2, 0.25) is 0 Å². The van der Waals surface area contributed by atoms with Gasteiger partial charge in [-0.3, -0.25) is 9.59 Å². The Bertz CT molecular complexity index is 386. The summed E-state index contributed by atoms with van der Waals surface area (Å²) in [6.07, 6.45) is 1.62. The van der Waals surface area contributed by atoms with Gasteiger partial charge in [0.25, 0.3) is 0 Å². The quantitative estimate of drug-likeness (QED) is 0.832. The van der Waals surface area contributed by atoms with Gasteiger partial charge in [-0.15, -0.1) is 0 Å². The van der Waals surface area contributed by atoms with Crippen LogP contribution in [0.5, 0.6) is 0 Å². The van der Waals surface area contributed by atoms with E-state index in [4.69, 9.17) is 4.74 Å². The molecule has 0 spiro atoms. The van der Waals surface area contributed by atoms with Crippen LogP contribution >= 0.6 is 15.9 Å². The summed E-state index contributed by atoms with van der Waals surface area (Å²) in [5.74, 6) is -0.334. The summed E-state index contributed by atoms with van der Waals surface area (Å²) >= 11 is 3.23. The molecule has 0 aliphatic rings. The van der Waals surface area contributed by atoms with Crippen LogP contribution in [-0.4, -0.2) is 17.6 Å². The summed E-state index contributed by atoms with van der Waals surface area (Å²) in [5, 5.41) is 0. The van der Waals surface area contributed by atoms with Crippen molar-refractivity contribution in [2.75, 3.05) is 6.61 Å². The van der Waals surface area contributed by atoms with Gasteiger partial charge in [0.2, 0.25) is 5.56 Å². The first-order valence-electron chi connectivity index (χ1n) is 4.16. The Hall–Kier alpha value is -1.10. The molecule has 0 saturated heterocycles. The van der Waals surface area contributed by atoms with Crippen LogP contribution in [-0.2, 0) is 16.0 Å². The summed E-state index contributed by atoms with van der Waals surface area (Å²) in [5.41, 5.74) is 0.402. The minimum absolute atomic E-state index is 0.109. The number of hydrogen-bond donors (Lipinski definition) is 1. The van der Waals surface area contributed by atoms with Gasteiger partial charge >= 0.3 is 5.97 Å². The van der Waals surface area contributed by atoms with Crippen molar-refractivity contribution in [2.24, 2.45) is 0 Å². The topological polar surface area (TPSA) is 59.2 Å². The number of nitrogens with one attached hydrogen (secondary N) is 1. The zero-order valence-electron chi connectivity index (χ0n) is 7.67. The molecule has 0 bridgehead atoms. The van der Waals surface area contributed by atoms with E-state index < -0.39 is 0 Å². The lowest BCUT2D eigenvalue weighted by molar-refractivity contribution is -0.142. The van der Waals surface area contributed by atoms with E-state index in [-0.39, 0.29) is 17.9 Å². The normalized spacial score (nSPS) is 9.86. The zero-order valence-corrected chi connectivity index (χ0v) is 9.26. The number of pyridine rings is 1. The minimum Gasteiger partial charge on any atom is -0.466 e. The van der Waals surface area contributed by atoms with Crippen molar-refractivity contribution in [1.29, 1.82) is 0 Å². The van der Waals surface area contributed by atoms with Crippen LogP contribution in [0.4, 0.5) is 0 Å². The lowest BCUT2D eigenvalue weighted by Gasteiger charge is -2.03. The van der Waals surface area contributed by atoms with Crippen LogP contribution in [0.3, 0.4) is 0 Å².